The van der Waals surface area contributed by atoms with Crippen LogP contribution < -0.4 is 11.3 Å². The van der Waals surface area contributed by atoms with Gasteiger partial charge in [0.1, 0.15) is 6.61 Å². The number of hydrogen-bond donors (Lipinski definition) is 2. The number of hydrazine groups is 1. The molecule has 7 nitrogen and oxygen atoms in total. The van der Waals surface area contributed by atoms with Crippen LogP contribution in [-0.4, -0.2) is 58.8 Å². The molecule has 0 rings (SSSR count). The number of unbranched alkanes of at least 4 members (excludes halogenated alkanes) is 1. The number of amides is 1. The van der Waals surface area contributed by atoms with Crippen LogP contribution in [0.3, 0.4) is 0 Å². The Kier molecular flexibility index (Phi) is 14.7. The van der Waals surface area contributed by atoms with Gasteiger partial charge in [-0.3, -0.25) is 10.2 Å². The van der Waals surface area contributed by atoms with Crippen LogP contribution in [0, 0.1) is 0 Å². The van der Waals surface area contributed by atoms with Gasteiger partial charge in [0.2, 0.25) is 0 Å². The van der Waals surface area contributed by atoms with Crippen LogP contribution in [0.1, 0.15) is 19.8 Å². The lowest BCUT2D eigenvalue weighted by molar-refractivity contribution is -0.126. The first kappa shape index (κ1) is 18.3. The summed E-state index contributed by atoms with van der Waals surface area (Å²) in [7, 11) is 0. The molecular formula is C12H26N2O5. The fourth-order valence-electron chi connectivity index (χ4n) is 1.11. The molecule has 0 aromatic rings. The van der Waals surface area contributed by atoms with E-state index in [4.69, 9.17) is 24.8 Å². The van der Waals surface area contributed by atoms with E-state index in [0.29, 0.717) is 39.6 Å². The van der Waals surface area contributed by atoms with Crippen LogP contribution in [0.5, 0.6) is 0 Å². The number of ether oxygens (including phenoxy) is 4. The lowest BCUT2D eigenvalue weighted by Crippen LogP contribution is -2.33. The van der Waals surface area contributed by atoms with E-state index >= 15 is 0 Å². The summed E-state index contributed by atoms with van der Waals surface area (Å²) in [6, 6.07) is 0. The summed E-state index contributed by atoms with van der Waals surface area (Å²) in [4.78, 5) is 10.7. The first-order chi connectivity index (χ1) is 9.31. The number of nitrogens with two attached hydrogens (primary N) is 1. The lowest BCUT2D eigenvalue weighted by atomic mass is 10.4. The van der Waals surface area contributed by atoms with Crippen LogP contribution >= 0.6 is 0 Å². The number of carbonyl (C=O) groups is 1. The SMILES string of the molecule is CCCCOCCOCCOCCOCC(=O)NN. The third-order valence-electron chi connectivity index (χ3n) is 2.15. The van der Waals surface area contributed by atoms with Gasteiger partial charge in [-0.15, -0.1) is 0 Å². The zero-order valence-corrected chi connectivity index (χ0v) is 11.7. The minimum atomic E-state index is -0.355. The van der Waals surface area contributed by atoms with Gasteiger partial charge in [0, 0.05) is 6.61 Å². The maximum Gasteiger partial charge on any atom is 0.259 e. The van der Waals surface area contributed by atoms with E-state index in [1.165, 1.54) is 0 Å². The Morgan fingerprint density at radius 1 is 0.895 bits per heavy atom. The van der Waals surface area contributed by atoms with Crippen molar-refractivity contribution in [2.24, 2.45) is 5.84 Å². The zero-order chi connectivity index (χ0) is 14.2. The van der Waals surface area contributed by atoms with E-state index in [0.717, 1.165) is 19.4 Å². The minimum Gasteiger partial charge on any atom is -0.379 e. The third-order valence-corrected chi connectivity index (χ3v) is 2.15. The molecule has 0 saturated heterocycles. The Labute approximate surface area is 114 Å². The average molecular weight is 278 g/mol. The monoisotopic (exact) mass is 278 g/mol. The van der Waals surface area contributed by atoms with Gasteiger partial charge in [0.25, 0.3) is 5.91 Å². The van der Waals surface area contributed by atoms with Crippen LogP contribution in [0.2, 0.25) is 0 Å². The van der Waals surface area contributed by atoms with Crippen molar-refractivity contribution in [1.82, 2.24) is 5.43 Å². The Balaban J connectivity index is 2.97. The Hall–Kier alpha value is -0.730. The molecule has 114 valence electrons. The summed E-state index contributed by atoms with van der Waals surface area (Å²) in [5, 5.41) is 0. The second-order valence-electron chi connectivity index (χ2n) is 3.81. The van der Waals surface area contributed by atoms with Crippen molar-refractivity contribution in [2.45, 2.75) is 19.8 Å². The number of hydrogen-bond acceptors (Lipinski definition) is 6. The van der Waals surface area contributed by atoms with Gasteiger partial charge in [0.05, 0.1) is 39.6 Å². The summed E-state index contributed by atoms with van der Waals surface area (Å²) >= 11 is 0. The molecular weight excluding hydrogens is 252 g/mol. The van der Waals surface area contributed by atoms with Gasteiger partial charge in [-0.1, -0.05) is 13.3 Å². The molecule has 19 heavy (non-hydrogen) atoms. The highest BCUT2D eigenvalue weighted by Gasteiger charge is 1.97. The molecule has 7 heteroatoms. The van der Waals surface area contributed by atoms with Crippen molar-refractivity contribution < 1.29 is 23.7 Å². The van der Waals surface area contributed by atoms with Gasteiger partial charge >= 0.3 is 0 Å². The Morgan fingerprint density at radius 2 is 1.37 bits per heavy atom. The lowest BCUT2D eigenvalue weighted by Gasteiger charge is -2.07. The van der Waals surface area contributed by atoms with Gasteiger partial charge in [-0.05, 0) is 6.42 Å². The van der Waals surface area contributed by atoms with Crippen molar-refractivity contribution >= 4 is 5.91 Å². The maximum atomic E-state index is 10.7. The number of carbonyl (C=O) groups excluding carboxylic acids is 1. The second kappa shape index (κ2) is 15.3. The third kappa shape index (κ3) is 15.2. The highest BCUT2D eigenvalue weighted by atomic mass is 16.6. The standard InChI is InChI=1S/C12H26N2O5/c1-2-3-4-16-5-6-17-7-8-18-9-10-19-11-12(15)14-13/h2-11,13H2,1H3,(H,14,15). The summed E-state index contributed by atoms with van der Waals surface area (Å²) in [5.74, 6) is 4.53. The molecule has 0 saturated carbocycles. The van der Waals surface area contributed by atoms with Crippen LogP contribution in [0.25, 0.3) is 0 Å². The maximum absolute atomic E-state index is 10.7. The quantitative estimate of drug-likeness (QED) is 0.199. The Bertz CT molecular complexity index is 205. The summed E-state index contributed by atoms with van der Waals surface area (Å²) in [6.45, 7) is 5.89. The molecule has 0 aliphatic heterocycles. The van der Waals surface area contributed by atoms with Crippen molar-refractivity contribution in [2.75, 3.05) is 52.9 Å². The molecule has 0 aromatic carbocycles. The molecule has 1 amide bonds. The van der Waals surface area contributed by atoms with E-state index in [1.54, 1.807) is 0 Å². The van der Waals surface area contributed by atoms with Crippen LogP contribution in [0.15, 0.2) is 0 Å². The van der Waals surface area contributed by atoms with Crippen molar-refractivity contribution in [1.29, 1.82) is 0 Å². The summed E-state index contributed by atoms with van der Waals surface area (Å²) in [5.41, 5.74) is 1.97. The predicted molar refractivity (Wildman–Crippen MR) is 70.5 cm³/mol. The average Bonchev–Trinajstić information content (AvgIpc) is 2.43. The largest absolute Gasteiger partial charge is 0.379 e. The predicted octanol–water partition coefficient (Wildman–Crippen LogP) is -0.157. The zero-order valence-electron chi connectivity index (χ0n) is 11.7. The van der Waals surface area contributed by atoms with E-state index in [9.17, 15) is 4.79 Å². The summed E-state index contributed by atoms with van der Waals surface area (Å²) in [6.07, 6.45) is 2.23. The second-order valence-corrected chi connectivity index (χ2v) is 3.81. The summed E-state index contributed by atoms with van der Waals surface area (Å²) < 4.78 is 20.9. The fraction of sp³-hybridized carbons (Fsp3) is 0.917. The van der Waals surface area contributed by atoms with E-state index in [2.05, 4.69) is 6.92 Å². The molecule has 0 bridgehead atoms. The van der Waals surface area contributed by atoms with Crippen LogP contribution in [-0.2, 0) is 23.7 Å². The normalized spacial score (nSPS) is 10.6. The smallest absolute Gasteiger partial charge is 0.259 e. The fourth-order valence-corrected chi connectivity index (χ4v) is 1.11. The molecule has 0 aromatic heterocycles. The first-order valence-electron chi connectivity index (χ1n) is 6.61. The molecule has 0 spiro atoms. The highest BCUT2D eigenvalue weighted by Crippen LogP contribution is 1.88. The molecule has 0 heterocycles. The van der Waals surface area contributed by atoms with E-state index in [-0.39, 0.29) is 12.5 Å². The van der Waals surface area contributed by atoms with E-state index < -0.39 is 0 Å². The molecule has 0 unspecified atom stereocenters. The molecule has 0 fully saturated rings. The first-order valence-corrected chi connectivity index (χ1v) is 6.61. The number of nitrogens with one attached hydrogen (secondary N) is 1. The van der Waals surface area contributed by atoms with Crippen molar-refractivity contribution in [3.05, 3.63) is 0 Å². The molecule has 3 N–H and O–H groups in total. The van der Waals surface area contributed by atoms with Crippen molar-refractivity contribution in [3.8, 4) is 0 Å². The van der Waals surface area contributed by atoms with Gasteiger partial charge in [0.15, 0.2) is 0 Å². The topological polar surface area (TPSA) is 92.0 Å². The minimum absolute atomic E-state index is 0.0501. The molecule has 0 aliphatic rings. The van der Waals surface area contributed by atoms with Gasteiger partial charge in [-0.25, -0.2) is 5.84 Å². The van der Waals surface area contributed by atoms with Gasteiger partial charge in [-0.2, -0.15) is 0 Å². The number of rotatable bonds is 14. The molecule has 0 aliphatic carbocycles. The van der Waals surface area contributed by atoms with Gasteiger partial charge < -0.3 is 18.9 Å². The van der Waals surface area contributed by atoms with E-state index in [1.807, 2.05) is 5.43 Å². The molecule has 0 atom stereocenters. The highest BCUT2D eigenvalue weighted by molar-refractivity contribution is 5.76. The molecule has 0 radical (unpaired) electrons. The van der Waals surface area contributed by atoms with Crippen molar-refractivity contribution in [3.63, 3.8) is 0 Å². The van der Waals surface area contributed by atoms with Crippen LogP contribution in [0.4, 0.5) is 0 Å². The Morgan fingerprint density at radius 3 is 1.84 bits per heavy atom.